The summed E-state index contributed by atoms with van der Waals surface area (Å²) in [4.78, 5) is 12.6. The number of carbonyl (C=O) groups excluding carboxylic acids is 1. The van der Waals surface area contributed by atoms with Gasteiger partial charge in [0.1, 0.15) is 22.2 Å². The van der Waals surface area contributed by atoms with Crippen LogP contribution in [0.5, 0.6) is 17.2 Å². The number of carbonyl (C=O) groups is 1. The molecule has 1 saturated heterocycles. The number of nitrogens with one attached hydrogen (secondary N) is 1. The standard InChI is InChI=1S/C26H27FN2O5S/c1-2-33-20-11-13-21(14-12-20)34-24-9-5-4-8-23(24)28-26(30)19-15-17-29(18-16-19)35(31,32)25-10-6-3-7-22(25)27/h3-14,19H,2,15-18H2,1H3,(H,28,30). The first-order valence-corrected chi connectivity index (χ1v) is 12.9. The molecule has 0 saturated carbocycles. The third kappa shape index (κ3) is 5.80. The molecule has 1 aliphatic rings. The van der Waals surface area contributed by atoms with Crippen molar-refractivity contribution in [2.75, 3.05) is 25.0 Å². The lowest BCUT2D eigenvalue weighted by atomic mass is 9.97. The Morgan fingerprint density at radius 2 is 1.60 bits per heavy atom. The summed E-state index contributed by atoms with van der Waals surface area (Å²) in [6, 6.07) is 19.6. The summed E-state index contributed by atoms with van der Waals surface area (Å²) in [7, 11) is -3.95. The normalized spacial score (nSPS) is 14.9. The van der Waals surface area contributed by atoms with Crippen LogP contribution in [0.25, 0.3) is 0 Å². The first-order valence-electron chi connectivity index (χ1n) is 11.4. The van der Waals surface area contributed by atoms with Gasteiger partial charge in [0.15, 0.2) is 5.75 Å². The molecule has 3 aromatic rings. The van der Waals surface area contributed by atoms with Crippen LogP contribution in [0.15, 0.2) is 77.7 Å². The van der Waals surface area contributed by atoms with Crippen molar-refractivity contribution in [2.45, 2.75) is 24.7 Å². The van der Waals surface area contributed by atoms with Crippen molar-refractivity contribution < 1.29 is 27.1 Å². The molecule has 3 aromatic carbocycles. The number of benzene rings is 3. The van der Waals surface area contributed by atoms with E-state index in [4.69, 9.17) is 9.47 Å². The summed E-state index contributed by atoms with van der Waals surface area (Å²) in [6.45, 7) is 2.76. The largest absolute Gasteiger partial charge is 0.494 e. The quantitative estimate of drug-likeness (QED) is 0.470. The summed E-state index contributed by atoms with van der Waals surface area (Å²) in [5, 5.41) is 2.91. The van der Waals surface area contributed by atoms with E-state index in [2.05, 4.69) is 5.32 Å². The van der Waals surface area contributed by atoms with E-state index in [-0.39, 0.29) is 29.8 Å². The van der Waals surface area contributed by atoms with E-state index >= 15 is 0 Å². The minimum Gasteiger partial charge on any atom is -0.494 e. The molecule has 0 aliphatic carbocycles. The molecule has 1 N–H and O–H groups in total. The zero-order chi connectivity index (χ0) is 24.8. The predicted molar refractivity (Wildman–Crippen MR) is 131 cm³/mol. The highest BCUT2D eigenvalue weighted by molar-refractivity contribution is 7.89. The molecule has 1 aliphatic heterocycles. The van der Waals surface area contributed by atoms with Crippen molar-refractivity contribution in [3.63, 3.8) is 0 Å². The van der Waals surface area contributed by atoms with Gasteiger partial charge in [0, 0.05) is 19.0 Å². The van der Waals surface area contributed by atoms with Gasteiger partial charge in [-0.1, -0.05) is 24.3 Å². The zero-order valence-electron chi connectivity index (χ0n) is 19.3. The van der Waals surface area contributed by atoms with E-state index in [1.807, 2.05) is 25.1 Å². The Bertz CT molecular complexity index is 1270. The number of rotatable bonds is 8. The van der Waals surface area contributed by atoms with Gasteiger partial charge in [-0.25, -0.2) is 12.8 Å². The van der Waals surface area contributed by atoms with Gasteiger partial charge in [-0.15, -0.1) is 0 Å². The van der Waals surface area contributed by atoms with E-state index < -0.39 is 15.8 Å². The lowest BCUT2D eigenvalue weighted by molar-refractivity contribution is -0.120. The third-order valence-electron chi connectivity index (χ3n) is 5.79. The van der Waals surface area contributed by atoms with Crippen LogP contribution in [-0.4, -0.2) is 38.3 Å². The van der Waals surface area contributed by atoms with Crippen LogP contribution in [0.3, 0.4) is 0 Å². The number of para-hydroxylation sites is 2. The van der Waals surface area contributed by atoms with Gasteiger partial charge < -0.3 is 14.8 Å². The Balaban J connectivity index is 1.38. The number of nitrogens with zero attached hydrogens (tertiary/aromatic N) is 1. The van der Waals surface area contributed by atoms with Gasteiger partial charge >= 0.3 is 0 Å². The van der Waals surface area contributed by atoms with Crippen LogP contribution in [0.2, 0.25) is 0 Å². The number of halogens is 1. The number of amides is 1. The fourth-order valence-corrected chi connectivity index (χ4v) is 5.48. The minimum atomic E-state index is -3.95. The van der Waals surface area contributed by atoms with Crippen LogP contribution < -0.4 is 14.8 Å². The Kier molecular flexibility index (Phi) is 7.67. The van der Waals surface area contributed by atoms with Gasteiger partial charge in [0.25, 0.3) is 0 Å². The molecule has 9 heteroatoms. The average molecular weight is 499 g/mol. The molecule has 0 atom stereocenters. The molecule has 0 spiro atoms. The lowest BCUT2D eigenvalue weighted by Crippen LogP contribution is -2.41. The van der Waals surface area contributed by atoms with Gasteiger partial charge in [-0.2, -0.15) is 4.31 Å². The Morgan fingerprint density at radius 3 is 2.29 bits per heavy atom. The maximum absolute atomic E-state index is 14.0. The molecule has 1 amide bonds. The summed E-state index contributed by atoms with van der Waals surface area (Å²) in [5.74, 6) is 0.462. The molecular weight excluding hydrogens is 471 g/mol. The van der Waals surface area contributed by atoms with E-state index in [1.165, 1.54) is 22.5 Å². The Hall–Kier alpha value is -3.43. The van der Waals surface area contributed by atoms with Gasteiger partial charge in [0.05, 0.1) is 12.3 Å². The van der Waals surface area contributed by atoms with Crippen molar-refractivity contribution in [3.8, 4) is 17.2 Å². The number of anilines is 1. The van der Waals surface area contributed by atoms with E-state index in [0.29, 0.717) is 36.6 Å². The Labute approximate surface area is 204 Å². The summed E-state index contributed by atoms with van der Waals surface area (Å²) >= 11 is 0. The van der Waals surface area contributed by atoms with Crippen molar-refractivity contribution in [2.24, 2.45) is 5.92 Å². The minimum absolute atomic E-state index is 0.138. The maximum atomic E-state index is 14.0. The molecular formula is C26H27FN2O5S. The van der Waals surface area contributed by atoms with Crippen LogP contribution in [0.4, 0.5) is 10.1 Å². The SMILES string of the molecule is CCOc1ccc(Oc2ccccc2NC(=O)C2CCN(S(=O)(=O)c3ccccc3F)CC2)cc1. The predicted octanol–water partition coefficient (Wildman–Crippen LogP) is 5.06. The number of hydrogen-bond donors (Lipinski definition) is 1. The molecule has 0 bridgehead atoms. The van der Waals surface area contributed by atoms with Crippen LogP contribution in [0.1, 0.15) is 19.8 Å². The summed E-state index contributed by atoms with van der Waals surface area (Å²) in [5.41, 5.74) is 0.521. The van der Waals surface area contributed by atoms with Crippen molar-refractivity contribution in [1.82, 2.24) is 4.31 Å². The molecule has 1 fully saturated rings. The number of piperidine rings is 1. The highest BCUT2D eigenvalue weighted by atomic mass is 32.2. The second-order valence-corrected chi connectivity index (χ2v) is 10.0. The molecule has 0 radical (unpaired) electrons. The number of hydrogen-bond acceptors (Lipinski definition) is 5. The third-order valence-corrected chi connectivity index (χ3v) is 7.72. The van der Waals surface area contributed by atoms with E-state index in [9.17, 15) is 17.6 Å². The van der Waals surface area contributed by atoms with Gasteiger partial charge in [0.2, 0.25) is 15.9 Å². The summed E-state index contributed by atoms with van der Waals surface area (Å²) in [6.07, 6.45) is 0.670. The molecule has 35 heavy (non-hydrogen) atoms. The molecule has 7 nitrogen and oxygen atoms in total. The highest BCUT2D eigenvalue weighted by Crippen LogP contribution is 2.32. The van der Waals surface area contributed by atoms with E-state index in [0.717, 1.165) is 11.8 Å². The first kappa shape index (κ1) is 24.7. The van der Waals surface area contributed by atoms with Crippen LogP contribution in [-0.2, 0) is 14.8 Å². The fraction of sp³-hybridized carbons (Fsp3) is 0.269. The van der Waals surface area contributed by atoms with Crippen molar-refractivity contribution in [1.29, 1.82) is 0 Å². The van der Waals surface area contributed by atoms with E-state index in [1.54, 1.807) is 30.3 Å². The second kappa shape index (κ2) is 10.9. The maximum Gasteiger partial charge on any atom is 0.245 e. The second-order valence-electron chi connectivity index (χ2n) is 8.10. The van der Waals surface area contributed by atoms with Gasteiger partial charge in [-0.3, -0.25) is 4.79 Å². The number of ether oxygens (including phenoxy) is 2. The molecule has 4 rings (SSSR count). The monoisotopic (exact) mass is 498 g/mol. The van der Waals surface area contributed by atoms with Crippen LogP contribution in [0, 0.1) is 11.7 Å². The fourth-order valence-electron chi connectivity index (χ4n) is 3.94. The number of sulfonamides is 1. The van der Waals surface area contributed by atoms with Crippen molar-refractivity contribution in [3.05, 3.63) is 78.6 Å². The molecule has 0 aromatic heterocycles. The molecule has 0 unspecified atom stereocenters. The average Bonchev–Trinajstić information content (AvgIpc) is 2.87. The van der Waals surface area contributed by atoms with Crippen LogP contribution >= 0.6 is 0 Å². The summed E-state index contributed by atoms with van der Waals surface area (Å²) < 4.78 is 52.3. The Morgan fingerprint density at radius 1 is 0.971 bits per heavy atom. The molecule has 1 heterocycles. The molecule has 184 valence electrons. The van der Waals surface area contributed by atoms with Gasteiger partial charge in [-0.05, 0) is 68.3 Å². The first-order chi connectivity index (χ1) is 16.9. The van der Waals surface area contributed by atoms with Crippen molar-refractivity contribution >= 4 is 21.6 Å². The highest BCUT2D eigenvalue weighted by Gasteiger charge is 2.33. The zero-order valence-corrected chi connectivity index (χ0v) is 20.1. The topological polar surface area (TPSA) is 84.9 Å². The lowest BCUT2D eigenvalue weighted by Gasteiger charge is -2.30. The smallest absolute Gasteiger partial charge is 0.245 e.